The van der Waals surface area contributed by atoms with Gasteiger partial charge in [-0.1, -0.05) is 24.6 Å². The Kier molecular flexibility index (Phi) is 24.3. The second kappa shape index (κ2) is 33.4. The molecule has 0 bridgehead atoms. The summed E-state index contributed by atoms with van der Waals surface area (Å²) in [6, 6.07) is 15.7. The smallest absolute Gasteiger partial charge is 0.410 e. The number of hydrogen-bond donors (Lipinski definition) is 11. The number of aryl methyl sites for hydroxylation is 4. The molecule has 0 aliphatic carbocycles. The van der Waals surface area contributed by atoms with Gasteiger partial charge in [0, 0.05) is 95.0 Å². The highest BCUT2D eigenvalue weighted by Crippen LogP contribution is 2.34. The molecule has 3 saturated heterocycles. The number of allylic oxidation sites excluding steroid dienone is 2. The van der Waals surface area contributed by atoms with Crippen LogP contribution in [0.4, 0.5) is 16.7 Å². The molecule has 10 rings (SSSR count). The van der Waals surface area contributed by atoms with E-state index in [1.807, 2.05) is 26.0 Å². The number of primary amides is 2. The molecule has 14 N–H and O–H groups in total. The molecule has 102 heavy (non-hydrogen) atoms. The van der Waals surface area contributed by atoms with Gasteiger partial charge in [0.15, 0.2) is 6.10 Å². The number of carbonyl (C=O) groups excluding carboxylic acids is 7. The first-order valence-corrected chi connectivity index (χ1v) is 33.4. The standard InChI is InChI=1S/C67H85N17O18/c1-5-83-47(27-38(3)77-83)60(92)75-64-73-44-30-41(58(68)90)15-16-46(44)81(64)21-9-10-22-82-53-45(74-65(82)76-61(93)48-28-39(4)78-84(48)6-2)31-42(59(69)91)32-50(53)97-24-12-20-79-35-67(36-79)37-80(23-26-99-67)66(96)98-34-40-14-17-49(101-63-56(89)54(87)55(88)57(102-63)62(94)95)43(29-40)33-72-52(86)18-19-71-51(85)13-8-7-11-25-100-70/h9-10,14-17,27-32,54-57,63,87-89H,5-8,11-13,18-26,33-37,70H2,1-4H3,(H2,68,90)(H2,69,91)(H,71,85)(H,72,86)(H,94,95)(H,73,75,92)(H,74,76,93)/b10-9+/t54-,55-,56+,57-,63+/m0/s1. The number of benzene rings is 3. The largest absolute Gasteiger partial charge is 0.491 e. The number of aliphatic carboxylic acids is 1. The Balaban J connectivity index is 0.786. The highest BCUT2D eigenvalue weighted by Gasteiger charge is 2.49. The van der Waals surface area contributed by atoms with Crippen LogP contribution in [0.3, 0.4) is 0 Å². The quantitative estimate of drug-likeness (QED) is 0.0158. The molecule has 7 heterocycles. The maximum Gasteiger partial charge on any atom is 0.410 e. The molecule has 35 heteroatoms. The van der Waals surface area contributed by atoms with Gasteiger partial charge in [-0.05, 0) is 107 Å². The molecule has 0 radical (unpaired) electrons. The maximum atomic E-state index is 14.1. The fraction of sp³-hybridized carbons (Fsp3) is 0.463. The number of carbonyl (C=O) groups is 8. The van der Waals surface area contributed by atoms with E-state index in [1.165, 1.54) is 24.3 Å². The number of imidazole rings is 2. The summed E-state index contributed by atoms with van der Waals surface area (Å²) in [4.78, 5) is 122. The maximum absolute atomic E-state index is 14.1. The van der Waals surface area contributed by atoms with Crippen molar-refractivity contribution in [2.45, 2.75) is 142 Å². The Morgan fingerprint density at radius 1 is 0.706 bits per heavy atom. The highest BCUT2D eigenvalue weighted by atomic mass is 16.7. The molecule has 3 aliphatic heterocycles. The third-order valence-electron chi connectivity index (χ3n) is 17.5. The Labute approximate surface area is 584 Å². The van der Waals surface area contributed by atoms with Gasteiger partial charge in [0.25, 0.3) is 11.8 Å². The highest BCUT2D eigenvalue weighted by molar-refractivity contribution is 6.05. The van der Waals surface area contributed by atoms with Crippen LogP contribution in [0.15, 0.2) is 72.8 Å². The van der Waals surface area contributed by atoms with Gasteiger partial charge in [0.2, 0.25) is 41.8 Å². The van der Waals surface area contributed by atoms with E-state index < -0.39 is 77.9 Å². The Morgan fingerprint density at radius 2 is 1.36 bits per heavy atom. The number of carboxylic acids is 1. The lowest BCUT2D eigenvalue weighted by atomic mass is 9.91. The lowest BCUT2D eigenvalue weighted by molar-refractivity contribution is -0.271. The minimum absolute atomic E-state index is 0.00618. The summed E-state index contributed by atoms with van der Waals surface area (Å²) in [6.45, 7) is 10.7. The summed E-state index contributed by atoms with van der Waals surface area (Å²) >= 11 is 0. The molecule has 3 aliphatic rings. The monoisotopic (exact) mass is 1420 g/mol. The molecule has 5 atom stereocenters. The minimum atomic E-state index is -1.97. The molecule has 546 valence electrons. The molecule has 1 spiro atoms. The van der Waals surface area contributed by atoms with Gasteiger partial charge < -0.3 is 85.1 Å². The molecule has 4 aromatic heterocycles. The lowest BCUT2D eigenvalue weighted by Gasteiger charge is -2.53. The summed E-state index contributed by atoms with van der Waals surface area (Å²) < 4.78 is 36.5. The number of aromatic nitrogens is 8. The lowest BCUT2D eigenvalue weighted by Crippen LogP contribution is -2.70. The summed E-state index contributed by atoms with van der Waals surface area (Å²) in [6.07, 6.45) is -3.80. The van der Waals surface area contributed by atoms with E-state index in [9.17, 15) is 58.8 Å². The van der Waals surface area contributed by atoms with E-state index in [4.69, 9.17) is 46.0 Å². The number of nitrogens with two attached hydrogens (primary N) is 3. The van der Waals surface area contributed by atoms with E-state index in [0.717, 1.165) is 6.42 Å². The molecule has 0 saturated carbocycles. The number of ether oxygens (including phenoxy) is 5. The average molecular weight is 1420 g/mol. The number of unbranched alkanes of at least 4 members (excludes halogenated alkanes) is 2. The summed E-state index contributed by atoms with van der Waals surface area (Å²) in [5.41, 5.74) is 15.5. The number of rotatable bonds is 33. The zero-order chi connectivity index (χ0) is 72.9. The molecule has 3 aromatic carbocycles. The Morgan fingerprint density at radius 3 is 2.03 bits per heavy atom. The molecule has 35 nitrogen and oxygen atoms in total. The Bertz CT molecular complexity index is 4270. The molecule has 7 amide bonds. The summed E-state index contributed by atoms with van der Waals surface area (Å²) in [5, 5.41) is 61.3. The van der Waals surface area contributed by atoms with E-state index in [0.29, 0.717) is 103 Å². The van der Waals surface area contributed by atoms with Crippen LogP contribution in [0, 0.1) is 13.8 Å². The predicted molar refractivity (Wildman–Crippen MR) is 363 cm³/mol. The zero-order valence-corrected chi connectivity index (χ0v) is 56.9. The van der Waals surface area contributed by atoms with E-state index in [2.05, 4.69) is 46.2 Å². The van der Waals surface area contributed by atoms with Crippen molar-refractivity contribution in [1.29, 1.82) is 0 Å². The molecular formula is C67H85N17O18. The van der Waals surface area contributed by atoms with Crippen molar-refractivity contribution in [1.82, 2.24) is 59.1 Å². The molecule has 7 aromatic rings. The molecule has 0 unspecified atom stereocenters. The van der Waals surface area contributed by atoms with Crippen molar-refractivity contribution < 1.29 is 87.3 Å². The number of carboxylic acid groups (broad SMARTS) is 1. The molecular weight excluding hydrogens is 1330 g/mol. The summed E-state index contributed by atoms with van der Waals surface area (Å²) in [5.74, 6) is 0.960. The second-order valence-electron chi connectivity index (χ2n) is 25.0. The van der Waals surface area contributed by atoms with Crippen molar-refractivity contribution in [3.05, 3.63) is 118 Å². The number of nitrogens with one attached hydrogen (secondary N) is 4. The van der Waals surface area contributed by atoms with Crippen LogP contribution in [0.1, 0.15) is 117 Å². The number of amides is 7. The van der Waals surface area contributed by atoms with Crippen molar-refractivity contribution in [2.75, 3.05) is 69.7 Å². The van der Waals surface area contributed by atoms with Crippen LogP contribution >= 0.6 is 0 Å². The minimum Gasteiger partial charge on any atom is -0.491 e. The van der Waals surface area contributed by atoms with Gasteiger partial charge in [0.05, 0.1) is 54.3 Å². The number of likely N-dealkylation sites (tertiary alicyclic amines) is 1. The van der Waals surface area contributed by atoms with Crippen LogP contribution in [0.5, 0.6) is 11.5 Å². The topological polar surface area (TPSA) is 477 Å². The van der Waals surface area contributed by atoms with Gasteiger partial charge in [-0.2, -0.15) is 10.2 Å². The van der Waals surface area contributed by atoms with Crippen LogP contribution in [-0.2, 0) is 72.8 Å². The number of anilines is 2. The summed E-state index contributed by atoms with van der Waals surface area (Å²) in [7, 11) is 0. The number of aliphatic hydroxyl groups is 3. The van der Waals surface area contributed by atoms with Gasteiger partial charge in [-0.15, -0.1) is 0 Å². The van der Waals surface area contributed by atoms with E-state index in [-0.39, 0.29) is 124 Å². The Hall–Kier alpha value is -10.4. The van der Waals surface area contributed by atoms with Crippen molar-refractivity contribution in [2.24, 2.45) is 17.4 Å². The van der Waals surface area contributed by atoms with Crippen LogP contribution in [0.25, 0.3) is 22.1 Å². The third kappa shape index (κ3) is 17.8. The van der Waals surface area contributed by atoms with Crippen LogP contribution < -0.4 is 48.1 Å². The second-order valence-corrected chi connectivity index (χ2v) is 25.0. The first kappa shape index (κ1) is 74.3. The fourth-order valence-corrected chi connectivity index (χ4v) is 12.4. The number of hydrogen-bond acceptors (Lipinski definition) is 23. The first-order chi connectivity index (χ1) is 48.9. The number of aliphatic hydroxyl groups excluding tert-OH is 3. The van der Waals surface area contributed by atoms with Gasteiger partial charge in [-0.25, -0.2) is 25.5 Å². The van der Waals surface area contributed by atoms with Gasteiger partial charge in [0.1, 0.15) is 58.9 Å². The molecule has 3 fully saturated rings. The predicted octanol–water partition coefficient (Wildman–Crippen LogP) is 1.73. The van der Waals surface area contributed by atoms with Crippen LogP contribution in [0.2, 0.25) is 0 Å². The fourth-order valence-electron chi connectivity index (χ4n) is 12.4. The number of morpholine rings is 1. The van der Waals surface area contributed by atoms with Gasteiger partial charge in [-0.3, -0.25) is 53.7 Å². The van der Waals surface area contributed by atoms with Crippen molar-refractivity contribution in [3.8, 4) is 11.5 Å². The van der Waals surface area contributed by atoms with Gasteiger partial charge >= 0.3 is 12.1 Å². The van der Waals surface area contributed by atoms with Crippen molar-refractivity contribution in [3.63, 3.8) is 0 Å². The average Bonchev–Trinajstić information content (AvgIpc) is 1.32. The zero-order valence-electron chi connectivity index (χ0n) is 56.9. The van der Waals surface area contributed by atoms with Crippen molar-refractivity contribution >= 4 is 81.5 Å². The number of fused-ring (bicyclic) bond motifs is 2. The van der Waals surface area contributed by atoms with E-state index >= 15 is 0 Å². The third-order valence-corrected chi connectivity index (χ3v) is 17.5. The number of nitrogens with zero attached hydrogens (tertiary/aromatic N) is 10. The first-order valence-electron chi connectivity index (χ1n) is 33.4. The normalized spacial score (nSPS) is 18.1. The van der Waals surface area contributed by atoms with Crippen LogP contribution in [-0.4, -0.2) is 212 Å². The SMILES string of the molecule is CCn1nc(C)cc1C(=O)Nc1nc2cc(C(N)=O)ccc2n1C/C=C/Cn1c(NC(=O)c2cc(C)nn2CC)nc2cc(C(N)=O)cc(OCCCN3CC4(C3)CN(C(=O)OCc3ccc(O[C@@H]5O[C@H](C(=O)O)[C@@H](O)[C@H](O)[C@H]5O)c(CNC(=O)CCNC(=O)CCCCCON)c3)CCO4)c21. The van der Waals surface area contributed by atoms with E-state index in [1.54, 1.807) is 73.6 Å².